The van der Waals surface area contributed by atoms with Crippen molar-refractivity contribution >= 4 is 0 Å². The second-order valence-electron chi connectivity index (χ2n) is 2.64. The molecule has 0 bridgehead atoms. The van der Waals surface area contributed by atoms with Crippen LogP contribution in [0.15, 0.2) is 0 Å². The van der Waals surface area contributed by atoms with Gasteiger partial charge in [-0.2, -0.15) is 0 Å². The molecule has 0 aromatic heterocycles. The van der Waals surface area contributed by atoms with Crippen LogP contribution in [0.1, 0.15) is 1.37 Å². The lowest BCUT2D eigenvalue weighted by molar-refractivity contribution is -0.248. The number of rotatable bonds is 1. The molecule has 1 unspecified atom stereocenters. The van der Waals surface area contributed by atoms with Gasteiger partial charge in [-0.15, -0.1) is 0 Å². The van der Waals surface area contributed by atoms with E-state index in [0.717, 1.165) is 0 Å². The minimum absolute atomic E-state index is 0.605. The first-order valence-electron chi connectivity index (χ1n) is 4.01. The van der Waals surface area contributed by atoms with Gasteiger partial charge < -0.3 is 30.9 Å². The normalized spacial score (nSPS) is 56.6. The van der Waals surface area contributed by atoms with Gasteiger partial charge in [0.15, 0.2) is 6.29 Å². The van der Waals surface area contributed by atoms with Crippen molar-refractivity contribution in [3.8, 4) is 0 Å². The molecule has 1 heterocycles. The summed E-state index contributed by atoms with van der Waals surface area (Å²) < 4.78 is 11.9. The molecule has 72 valence electrons. The predicted octanol–water partition coefficient (Wildman–Crippen LogP) is -3.26. The highest BCUT2D eigenvalue weighted by molar-refractivity contribution is 4.90. The summed E-state index contributed by atoms with van der Waals surface area (Å²) in [5.41, 5.74) is 5.21. The third-order valence-corrected chi connectivity index (χ3v) is 1.80. The summed E-state index contributed by atoms with van der Waals surface area (Å²) in [7, 11) is 0. The third kappa shape index (κ3) is 1.58. The Morgan fingerprint density at radius 3 is 2.50 bits per heavy atom. The number of hydrogen-bond donors (Lipinski definition) is 5. The Balaban J connectivity index is 2.82. The number of ether oxygens (including phenoxy) is 1. The van der Waals surface area contributed by atoms with Gasteiger partial charge in [-0.05, 0) is 0 Å². The Kier molecular flexibility index (Phi) is 2.54. The topological polar surface area (TPSA) is 116 Å². The van der Waals surface area contributed by atoms with Gasteiger partial charge in [0.2, 0.25) is 0 Å². The first-order valence-corrected chi connectivity index (χ1v) is 3.51. The molecule has 0 radical (unpaired) electrons. The van der Waals surface area contributed by atoms with Crippen molar-refractivity contribution in [1.82, 2.24) is 0 Å². The molecule has 0 amide bonds. The summed E-state index contributed by atoms with van der Waals surface area (Å²) in [5.74, 6) is 0. The van der Waals surface area contributed by atoms with Crippen molar-refractivity contribution in [1.29, 1.82) is 0 Å². The van der Waals surface area contributed by atoms with Crippen LogP contribution < -0.4 is 5.73 Å². The fraction of sp³-hybridized carbons (Fsp3) is 1.00. The summed E-state index contributed by atoms with van der Waals surface area (Å²) in [6.45, 7) is -0.605. The fourth-order valence-electron chi connectivity index (χ4n) is 1.01. The number of hydrogen-bond acceptors (Lipinski definition) is 6. The average Bonchev–Trinajstić information content (AvgIpc) is 2.09. The maximum absolute atomic E-state index is 9.32. The molecule has 6 nitrogen and oxygen atoms in total. The smallest absolute Gasteiger partial charge is 0.173 e. The molecule has 0 aromatic rings. The summed E-state index contributed by atoms with van der Waals surface area (Å²) in [6, 6.07) is -1.43. The molecule has 1 aliphatic heterocycles. The van der Waals surface area contributed by atoms with E-state index in [-0.39, 0.29) is 0 Å². The molecule has 1 aliphatic rings. The molecule has 5 atom stereocenters. The van der Waals surface area contributed by atoms with E-state index in [2.05, 4.69) is 4.74 Å². The monoisotopic (exact) mass is 180 g/mol. The minimum Gasteiger partial charge on any atom is -0.394 e. The second kappa shape index (κ2) is 3.65. The van der Waals surface area contributed by atoms with Crippen LogP contribution >= 0.6 is 0 Å². The highest BCUT2D eigenvalue weighted by Gasteiger charge is 2.41. The SMILES string of the molecule is [2H][C@]1(O)[C@H](O)[C@@H](CO)OC(O)[C@@H]1N. The van der Waals surface area contributed by atoms with Gasteiger partial charge in [0.05, 0.1) is 14.0 Å². The van der Waals surface area contributed by atoms with Gasteiger partial charge in [-0.3, -0.25) is 0 Å². The van der Waals surface area contributed by atoms with E-state index < -0.39 is 37.2 Å². The molecule has 0 aliphatic carbocycles. The minimum atomic E-state index is -2.41. The third-order valence-electron chi connectivity index (χ3n) is 1.80. The van der Waals surface area contributed by atoms with Gasteiger partial charge in [0, 0.05) is 0 Å². The van der Waals surface area contributed by atoms with Crippen molar-refractivity contribution in [3.63, 3.8) is 0 Å². The van der Waals surface area contributed by atoms with Crippen molar-refractivity contribution < 1.29 is 26.5 Å². The lowest BCUT2D eigenvalue weighted by atomic mass is 9.98. The van der Waals surface area contributed by atoms with Crippen LogP contribution in [0.2, 0.25) is 0 Å². The van der Waals surface area contributed by atoms with Crippen LogP contribution in [-0.2, 0) is 4.74 Å². The predicted molar refractivity (Wildman–Crippen MR) is 38.0 cm³/mol. The molecule has 1 rings (SSSR count). The van der Waals surface area contributed by atoms with Crippen LogP contribution in [-0.4, -0.2) is 57.7 Å². The number of aliphatic hydroxyl groups is 4. The van der Waals surface area contributed by atoms with Gasteiger partial charge >= 0.3 is 0 Å². The summed E-state index contributed by atoms with van der Waals surface area (Å²) >= 11 is 0. The first-order chi connectivity index (χ1) is 5.91. The Morgan fingerprint density at radius 1 is 1.42 bits per heavy atom. The van der Waals surface area contributed by atoms with E-state index in [4.69, 9.17) is 17.3 Å². The maximum Gasteiger partial charge on any atom is 0.173 e. The van der Waals surface area contributed by atoms with E-state index in [0.29, 0.717) is 0 Å². The maximum atomic E-state index is 9.32. The standard InChI is InChI=1S/C6H13NO5/c7-3-5(10)4(9)2(1-8)12-6(3)11/h2-6,8-11H,1,7H2/t2-,3-,4-,5-,6?/m1/s1/i5D. The molecule has 6 N–H and O–H groups in total. The van der Waals surface area contributed by atoms with Crippen LogP contribution in [0.4, 0.5) is 0 Å². The van der Waals surface area contributed by atoms with Crippen molar-refractivity contribution in [2.24, 2.45) is 5.73 Å². The summed E-state index contributed by atoms with van der Waals surface area (Å²) in [5, 5.41) is 36.3. The average molecular weight is 180 g/mol. The van der Waals surface area contributed by atoms with Crippen LogP contribution in [0.25, 0.3) is 0 Å². The van der Waals surface area contributed by atoms with E-state index >= 15 is 0 Å². The van der Waals surface area contributed by atoms with E-state index in [1.165, 1.54) is 0 Å². The Hall–Kier alpha value is -0.240. The van der Waals surface area contributed by atoms with Gasteiger partial charge in [0.25, 0.3) is 0 Å². The van der Waals surface area contributed by atoms with Gasteiger partial charge in [-0.25, -0.2) is 0 Å². The Morgan fingerprint density at radius 2 is 2.00 bits per heavy atom. The zero-order valence-corrected chi connectivity index (χ0v) is 6.29. The van der Waals surface area contributed by atoms with Gasteiger partial charge in [-0.1, -0.05) is 0 Å². The quantitative estimate of drug-likeness (QED) is 0.289. The van der Waals surface area contributed by atoms with Crippen LogP contribution in [0, 0.1) is 0 Å². The second-order valence-corrected chi connectivity index (χ2v) is 2.64. The largest absolute Gasteiger partial charge is 0.394 e. The van der Waals surface area contributed by atoms with E-state index in [1.54, 1.807) is 0 Å². The summed E-state index contributed by atoms with van der Waals surface area (Å²) in [4.78, 5) is 0. The molecule has 0 aromatic carbocycles. The highest BCUT2D eigenvalue weighted by atomic mass is 16.6. The fourth-order valence-corrected chi connectivity index (χ4v) is 1.01. The molecule has 12 heavy (non-hydrogen) atoms. The molecule has 0 spiro atoms. The van der Waals surface area contributed by atoms with Crippen molar-refractivity contribution in [2.75, 3.05) is 6.61 Å². The van der Waals surface area contributed by atoms with Crippen molar-refractivity contribution in [3.05, 3.63) is 0 Å². The zero-order chi connectivity index (χ0) is 10.2. The first kappa shape index (κ1) is 8.36. The molecular weight excluding hydrogens is 166 g/mol. The Labute approximate surface area is 70.6 Å². The van der Waals surface area contributed by atoms with E-state index in [9.17, 15) is 10.2 Å². The zero-order valence-electron chi connectivity index (χ0n) is 7.29. The lowest BCUT2D eigenvalue weighted by Gasteiger charge is -2.38. The number of nitrogens with two attached hydrogens (primary N) is 1. The van der Waals surface area contributed by atoms with Crippen LogP contribution in [0.5, 0.6) is 0 Å². The van der Waals surface area contributed by atoms with Crippen molar-refractivity contribution in [2.45, 2.75) is 30.6 Å². The summed E-state index contributed by atoms with van der Waals surface area (Å²) in [6.07, 6.45) is -6.82. The molecular formula is C6H13NO5. The van der Waals surface area contributed by atoms with E-state index in [1.807, 2.05) is 0 Å². The molecule has 1 fully saturated rings. The lowest BCUT2D eigenvalue weighted by Crippen LogP contribution is -2.61. The molecule has 1 saturated heterocycles. The Bertz CT molecular complexity index is 190. The molecule has 0 saturated carbocycles. The van der Waals surface area contributed by atoms with Crippen LogP contribution in [0.3, 0.4) is 0 Å². The highest BCUT2D eigenvalue weighted by Crippen LogP contribution is 2.17. The van der Waals surface area contributed by atoms with Gasteiger partial charge in [0.1, 0.15) is 18.3 Å². The molecule has 6 heteroatoms. The number of aliphatic hydroxyl groups excluding tert-OH is 3.